The fraction of sp³-hybridized carbons (Fsp3) is 0.294. The first kappa shape index (κ1) is 24.2. The van der Waals surface area contributed by atoms with E-state index in [2.05, 4.69) is 4.99 Å². The van der Waals surface area contributed by atoms with Crippen LogP contribution in [0.1, 0.15) is 29.3 Å². The van der Waals surface area contributed by atoms with E-state index in [0.717, 1.165) is 18.4 Å². The third-order valence-electron chi connectivity index (χ3n) is 3.98. The lowest BCUT2D eigenvalue weighted by molar-refractivity contribution is -0.419. The predicted octanol–water partition coefficient (Wildman–Crippen LogP) is -0.607. The number of amides is 1. The molecule has 1 aromatic carbocycles. The van der Waals surface area contributed by atoms with Crippen LogP contribution in [0.3, 0.4) is 0 Å². The van der Waals surface area contributed by atoms with E-state index in [1.807, 2.05) is 0 Å². The number of esters is 1. The standard InChI is InChI=1S/C17H18N6O8S/c1-3-30-13(24)7-11-14(23(26)27)16(22(20)17(21-11)32(2,28)29)31-12-6-9(8-18)4-5-10(12)15(19)25/h4-6,17H,3,7,20H2,1-2H3,(H2,19,25). The normalized spacial score (nSPS) is 16.1. The molecular weight excluding hydrogens is 448 g/mol. The van der Waals surface area contributed by atoms with Crippen molar-refractivity contribution in [3.05, 3.63) is 51.0 Å². The highest BCUT2D eigenvalue weighted by Crippen LogP contribution is 2.29. The van der Waals surface area contributed by atoms with Crippen LogP contribution in [0.4, 0.5) is 0 Å². The van der Waals surface area contributed by atoms with Gasteiger partial charge in [-0.15, -0.1) is 0 Å². The quantitative estimate of drug-likeness (QED) is 0.213. The molecule has 0 saturated heterocycles. The Morgan fingerprint density at radius 1 is 1.41 bits per heavy atom. The molecule has 15 heteroatoms. The highest BCUT2D eigenvalue weighted by molar-refractivity contribution is 7.91. The van der Waals surface area contributed by atoms with Crippen LogP contribution in [0.2, 0.25) is 0 Å². The summed E-state index contributed by atoms with van der Waals surface area (Å²) in [6, 6.07) is 5.25. The van der Waals surface area contributed by atoms with Gasteiger partial charge in [-0.2, -0.15) is 5.26 Å². The number of carbonyl (C=O) groups excluding carboxylic acids is 2. The second kappa shape index (κ2) is 9.41. The lowest BCUT2D eigenvalue weighted by Gasteiger charge is -2.30. The highest BCUT2D eigenvalue weighted by atomic mass is 32.2. The van der Waals surface area contributed by atoms with Gasteiger partial charge in [-0.25, -0.2) is 24.3 Å². The second-order valence-corrected chi connectivity index (χ2v) is 8.40. The zero-order valence-electron chi connectivity index (χ0n) is 16.8. The second-order valence-electron chi connectivity index (χ2n) is 6.32. The van der Waals surface area contributed by atoms with Crippen LogP contribution in [0.15, 0.2) is 34.8 Å². The molecule has 0 radical (unpaired) electrons. The molecule has 1 unspecified atom stereocenters. The summed E-state index contributed by atoms with van der Waals surface area (Å²) in [5, 5.41) is 21.3. The number of rotatable bonds is 8. The van der Waals surface area contributed by atoms with E-state index in [4.69, 9.17) is 26.3 Å². The zero-order chi connectivity index (χ0) is 24.2. The van der Waals surface area contributed by atoms with E-state index >= 15 is 0 Å². The predicted molar refractivity (Wildman–Crippen MR) is 108 cm³/mol. The molecule has 0 aliphatic carbocycles. The number of ether oxygens (including phenoxy) is 2. The van der Waals surface area contributed by atoms with Crippen molar-refractivity contribution in [2.24, 2.45) is 16.6 Å². The molecule has 2 rings (SSSR count). The van der Waals surface area contributed by atoms with Crippen LogP contribution in [-0.4, -0.2) is 54.3 Å². The molecule has 0 bridgehead atoms. The average Bonchev–Trinajstić information content (AvgIpc) is 2.68. The van der Waals surface area contributed by atoms with E-state index in [0.29, 0.717) is 5.01 Å². The smallest absolute Gasteiger partial charge is 0.352 e. The lowest BCUT2D eigenvalue weighted by Crippen LogP contribution is -2.50. The van der Waals surface area contributed by atoms with Crippen LogP contribution in [-0.2, 0) is 19.4 Å². The van der Waals surface area contributed by atoms with Crippen LogP contribution in [0.25, 0.3) is 0 Å². The molecule has 0 saturated carbocycles. The van der Waals surface area contributed by atoms with Gasteiger partial charge in [0.1, 0.15) is 11.5 Å². The molecule has 170 valence electrons. The largest absolute Gasteiger partial charge is 0.466 e. The molecule has 1 aliphatic heterocycles. The van der Waals surface area contributed by atoms with Crippen molar-refractivity contribution in [1.29, 1.82) is 5.26 Å². The molecule has 14 nitrogen and oxygen atoms in total. The number of hydrazine groups is 1. The maximum Gasteiger partial charge on any atom is 0.352 e. The molecule has 0 fully saturated rings. The molecule has 0 spiro atoms. The number of nitriles is 1. The SMILES string of the molecule is CCOC(=O)CC1=NC(S(C)(=O)=O)N(N)C(Oc2cc(C#N)ccc2C(N)=O)=C1[N+](=O)[O-]. The molecule has 32 heavy (non-hydrogen) atoms. The summed E-state index contributed by atoms with van der Waals surface area (Å²) >= 11 is 0. The van der Waals surface area contributed by atoms with Gasteiger partial charge in [0, 0.05) is 6.26 Å². The third-order valence-corrected chi connectivity index (χ3v) is 5.08. The Morgan fingerprint density at radius 3 is 2.56 bits per heavy atom. The van der Waals surface area contributed by atoms with E-state index < -0.39 is 61.6 Å². The summed E-state index contributed by atoms with van der Waals surface area (Å²) in [5.74, 6) is 2.66. The molecule has 1 atom stereocenters. The summed E-state index contributed by atoms with van der Waals surface area (Å²) in [6.45, 7) is 1.47. The van der Waals surface area contributed by atoms with Gasteiger partial charge in [0.05, 0.1) is 35.1 Å². The Kier molecular flexibility index (Phi) is 7.13. The Balaban J connectivity index is 2.73. The molecule has 1 aliphatic rings. The Hall–Kier alpha value is -4.03. The van der Waals surface area contributed by atoms with Crippen molar-refractivity contribution in [2.75, 3.05) is 12.9 Å². The van der Waals surface area contributed by atoms with Gasteiger partial charge in [-0.3, -0.25) is 19.7 Å². The monoisotopic (exact) mass is 466 g/mol. The number of nitrogens with two attached hydrogens (primary N) is 2. The van der Waals surface area contributed by atoms with Crippen molar-refractivity contribution in [2.45, 2.75) is 18.8 Å². The summed E-state index contributed by atoms with van der Waals surface area (Å²) in [5.41, 5.74) is 1.64. The Labute approximate surface area is 181 Å². The number of hydrogen-bond donors (Lipinski definition) is 2. The van der Waals surface area contributed by atoms with Crippen LogP contribution in [0, 0.1) is 21.4 Å². The van der Waals surface area contributed by atoms with E-state index in [1.54, 1.807) is 6.07 Å². The van der Waals surface area contributed by atoms with Crippen molar-refractivity contribution in [3.8, 4) is 11.8 Å². The van der Waals surface area contributed by atoms with Gasteiger partial charge in [0.2, 0.25) is 5.50 Å². The van der Waals surface area contributed by atoms with E-state index in [-0.39, 0.29) is 17.7 Å². The van der Waals surface area contributed by atoms with E-state index in [1.165, 1.54) is 13.0 Å². The number of sulfone groups is 1. The first-order valence-corrected chi connectivity index (χ1v) is 10.7. The maximum absolute atomic E-state index is 12.2. The summed E-state index contributed by atoms with van der Waals surface area (Å²) in [4.78, 5) is 38.3. The molecule has 1 aromatic rings. The number of nitrogens with zero attached hydrogens (tertiary/aromatic N) is 4. The number of allylic oxidation sites excluding steroid dienone is 1. The van der Waals surface area contributed by atoms with Crippen molar-refractivity contribution in [1.82, 2.24) is 5.01 Å². The average molecular weight is 466 g/mol. The fourth-order valence-corrected chi connectivity index (χ4v) is 3.48. The van der Waals surface area contributed by atoms with Gasteiger partial charge < -0.3 is 15.2 Å². The minimum absolute atomic E-state index is 0.00714. The van der Waals surface area contributed by atoms with Crippen LogP contribution >= 0.6 is 0 Å². The number of benzene rings is 1. The molecule has 1 heterocycles. The van der Waals surface area contributed by atoms with E-state index in [9.17, 15) is 28.1 Å². The van der Waals surface area contributed by atoms with Crippen LogP contribution < -0.4 is 16.3 Å². The van der Waals surface area contributed by atoms with Crippen molar-refractivity contribution >= 4 is 27.4 Å². The topological polar surface area (TPSA) is 221 Å². The number of primary amides is 1. The van der Waals surface area contributed by atoms with Crippen molar-refractivity contribution < 1.29 is 32.4 Å². The first-order valence-electron chi connectivity index (χ1n) is 8.76. The maximum atomic E-state index is 12.2. The molecule has 0 aromatic heterocycles. The minimum atomic E-state index is -4.09. The Morgan fingerprint density at radius 2 is 2.06 bits per heavy atom. The van der Waals surface area contributed by atoms with Gasteiger partial charge in [0.15, 0.2) is 9.84 Å². The summed E-state index contributed by atoms with van der Waals surface area (Å²) in [6.07, 6.45) is 0.0146. The third kappa shape index (κ3) is 5.17. The van der Waals surface area contributed by atoms with Gasteiger partial charge in [-0.05, 0) is 25.1 Å². The van der Waals surface area contributed by atoms with Crippen LogP contribution in [0.5, 0.6) is 5.75 Å². The molecular formula is C17H18N6O8S. The van der Waals surface area contributed by atoms with Gasteiger partial charge in [0.25, 0.3) is 11.8 Å². The van der Waals surface area contributed by atoms with Crippen molar-refractivity contribution in [3.63, 3.8) is 0 Å². The highest BCUT2D eigenvalue weighted by Gasteiger charge is 2.43. The Bertz CT molecular complexity index is 1180. The summed E-state index contributed by atoms with van der Waals surface area (Å²) < 4.78 is 34.6. The number of carbonyl (C=O) groups is 2. The van der Waals surface area contributed by atoms with Gasteiger partial charge >= 0.3 is 11.7 Å². The molecule has 1 amide bonds. The number of nitro groups is 1. The number of hydrogen-bond acceptors (Lipinski definition) is 12. The lowest BCUT2D eigenvalue weighted by atomic mass is 10.1. The first-order chi connectivity index (χ1) is 14.9. The summed E-state index contributed by atoms with van der Waals surface area (Å²) in [7, 11) is -4.09. The van der Waals surface area contributed by atoms with Gasteiger partial charge in [-0.1, -0.05) is 0 Å². The minimum Gasteiger partial charge on any atom is -0.466 e. The fourth-order valence-electron chi connectivity index (χ4n) is 2.65. The number of aliphatic imine (C=N–C) groups is 1. The zero-order valence-corrected chi connectivity index (χ0v) is 17.7. The molecule has 4 N–H and O–H groups in total.